The smallest absolute Gasteiger partial charge is 0.397 e. The van der Waals surface area contributed by atoms with Gasteiger partial charge in [0.25, 0.3) is 0 Å². The quantitative estimate of drug-likeness (QED) is 0.0202. The number of hydrogen-bond donors (Lipinski definition) is 4. The van der Waals surface area contributed by atoms with Gasteiger partial charge in [-0.2, -0.15) is 8.42 Å². The van der Waals surface area contributed by atoms with Crippen LogP contribution in [0.1, 0.15) is 181 Å². The molecule has 1 aliphatic heterocycles. The van der Waals surface area contributed by atoms with Gasteiger partial charge in [0, 0.05) is 13.0 Å². The molecule has 12 nitrogen and oxygen atoms in total. The van der Waals surface area contributed by atoms with Crippen LogP contribution in [0.4, 0.5) is 0 Å². The second-order valence-electron chi connectivity index (χ2n) is 15.3. The van der Waals surface area contributed by atoms with Crippen LogP contribution in [0.3, 0.4) is 0 Å². The van der Waals surface area contributed by atoms with E-state index in [1.54, 1.807) is 0 Å². The second kappa shape index (κ2) is 35.5. The molecular weight excluding hydrogens is 741 g/mol. The first-order valence-corrected chi connectivity index (χ1v) is 23.5. The Balaban J connectivity index is 2.37. The van der Waals surface area contributed by atoms with Crippen LogP contribution in [0.5, 0.6) is 0 Å². The van der Waals surface area contributed by atoms with Gasteiger partial charge in [-0.05, 0) is 44.9 Å². The SMILES string of the molecule is CCCCC/C=C\C/C=C\CCCCCCCCCCCCOCC(COC1OC(CO)C(O)C(OS(=O)(=O)O)C1O)OC(=O)CCCCCCCCCCC. The summed E-state index contributed by atoms with van der Waals surface area (Å²) in [6.07, 6.45) is 29.4. The van der Waals surface area contributed by atoms with Crippen molar-refractivity contribution in [3.63, 3.8) is 0 Å². The number of hydrogen-bond acceptors (Lipinski definition) is 11. The number of carbonyl (C=O) groups excluding carboxylic acids is 1. The van der Waals surface area contributed by atoms with Crippen molar-refractivity contribution in [2.75, 3.05) is 26.4 Å². The molecule has 1 rings (SSSR count). The minimum absolute atomic E-state index is 0.0370. The summed E-state index contributed by atoms with van der Waals surface area (Å²) < 4.78 is 58.9. The van der Waals surface area contributed by atoms with Gasteiger partial charge in [0.2, 0.25) is 0 Å². The summed E-state index contributed by atoms with van der Waals surface area (Å²) in [6.45, 7) is 3.93. The molecule has 13 heteroatoms. The molecule has 0 amide bonds. The minimum atomic E-state index is -5.06. The number of aliphatic hydroxyl groups excluding tert-OH is 3. The Labute approximate surface area is 340 Å². The van der Waals surface area contributed by atoms with E-state index < -0.39 is 59.8 Å². The fraction of sp³-hybridized carbons (Fsp3) is 0.884. The molecule has 1 heterocycles. The molecule has 0 aromatic carbocycles. The Kier molecular flexibility index (Phi) is 33.4. The largest absolute Gasteiger partial charge is 0.457 e. The first-order valence-electron chi connectivity index (χ1n) is 22.1. The predicted octanol–water partition coefficient (Wildman–Crippen LogP) is 8.85. The molecule has 0 spiro atoms. The van der Waals surface area contributed by atoms with E-state index >= 15 is 0 Å². The number of ether oxygens (including phenoxy) is 4. The van der Waals surface area contributed by atoms with Gasteiger partial charge in [0.15, 0.2) is 6.29 Å². The molecular formula is C43H80O12S. The van der Waals surface area contributed by atoms with Crippen LogP contribution < -0.4 is 0 Å². The molecule has 6 unspecified atom stereocenters. The van der Waals surface area contributed by atoms with E-state index in [2.05, 4.69) is 42.3 Å². The van der Waals surface area contributed by atoms with Crippen molar-refractivity contribution in [3.8, 4) is 0 Å². The monoisotopic (exact) mass is 821 g/mol. The molecule has 0 saturated carbocycles. The zero-order valence-corrected chi connectivity index (χ0v) is 35.8. The van der Waals surface area contributed by atoms with E-state index in [4.69, 9.17) is 23.5 Å². The highest BCUT2D eigenvalue weighted by Gasteiger charge is 2.48. The highest BCUT2D eigenvalue weighted by atomic mass is 32.3. The Bertz CT molecular complexity index is 1080. The molecule has 0 bridgehead atoms. The van der Waals surface area contributed by atoms with E-state index in [1.807, 2.05) is 0 Å². The molecule has 6 atom stereocenters. The fourth-order valence-electron chi connectivity index (χ4n) is 6.70. The lowest BCUT2D eigenvalue weighted by atomic mass is 9.99. The van der Waals surface area contributed by atoms with Gasteiger partial charge < -0.3 is 34.3 Å². The van der Waals surface area contributed by atoms with Crippen LogP contribution in [0.2, 0.25) is 0 Å². The van der Waals surface area contributed by atoms with Gasteiger partial charge in [-0.15, -0.1) is 0 Å². The average Bonchev–Trinajstić information content (AvgIpc) is 3.17. The van der Waals surface area contributed by atoms with E-state index in [0.717, 1.165) is 44.9 Å². The summed E-state index contributed by atoms with van der Waals surface area (Å²) >= 11 is 0. The number of esters is 1. The van der Waals surface area contributed by atoms with Gasteiger partial charge >= 0.3 is 16.4 Å². The molecule has 1 aliphatic rings. The second-order valence-corrected chi connectivity index (χ2v) is 16.3. The van der Waals surface area contributed by atoms with Crippen molar-refractivity contribution >= 4 is 16.4 Å². The Morgan fingerprint density at radius 1 is 0.679 bits per heavy atom. The summed E-state index contributed by atoms with van der Waals surface area (Å²) in [5.74, 6) is -0.403. The first kappa shape index (κ1) is 52.6. The first-order chi connectivity index (χ1) is 27.1. The van der Waals surface area contributed by atoms with Crippen LogP contribution in [0.25, 0.3) is 0 Å². The number of aliphatic hydroxyl groups is 3. The van der Waals surface area contributed by atoms with E-state index in [0.29, 0.717) is 13.0 Å². The van der Waals surface area contributed by atoms with E-state index in [9.17, 15) is 28.5 Å². The molecule has 1 saturated heterocycles. The number of allylic oxidation sites excluding steroid dienone is 4. The summed E-state index contributed by atoms with van der Waals surface area (Å²) in [4.78, 5) is 12.8. The van der Waals surface area contributed by atoms with Crippen molar-refractivity contribution in [1.29, 1.82) is 0 Å². The van der Waals surface area contributed by atoms with Gasteiger partial charge in [0.1, 0.15) is 30.5 Å². The topological polar surface area (TPSA) is 178 Å². The zero-order valence-electron chi connectivity index (χ0n) is 34.9. The minimum Gasteiger partial charge on any atom is -0.457 e. The molecule has 0 aromatic rings. The Hall–Kier alpha value is -1.42. The molecule has 0 aliphatic carbocycles. The maximum Gasteiger partial charge on any atom is 0.397 e. The third-order valence-electron chi connectivity index (χ3n) is 10.1. The van der Waals surface area contributed by atoms with E-state index in [1.165, 1.54) is 109 Å². The third kappa shape index (κ3) is 28.9. The van der Waals surface area contributed by atoms with Crippen molar-refractivity contribution < 1.29 is 56.2 Å². The zero-order chi connectivity index (χ0) is 41.1. The molecule has 4 N–H and O–H groups in total. The lowest BCUT2D eigenvalue weighted by Gasteiger charge is -2.41. The van der Waals surface area contributed by atoms with Gasteiger partial charge in [-0.25, -0.2) is 4.18 Å². The lowest BCUT2D eigenvalue weighted by Crippen LogP contribution is -2.60. The maximum absolute atomic E-state index is 12.8. The van der Waals surface area contributed by atoms with Gasteiger partial charge in [-0.1, -0.05) is 154 Å². The molecule has 0 radical (unpaired) electrons. The molecule has 0 aromatic heterocycles. The average molecular weight is 821 g/mol. The van der Waals surface area contributed by atoms with Crippen molar-refractivity contribution in [1.82, 2.24) is 0 Å². The fourth-order valence-corrected chi connectivity index (χ4v) is 7.21. The summed E-state index contributed by atoms with van der Waals surface area (Å²) in [5.41, 5.74) is 0. The summed E-state index contributed by atoms with van der Waals surface area (Å²) in [5, 5.41) is 30.6. The highest BCUT2D eigenvalue weighted by Crippen LogP contribution is 2.26. The normalized spacial score (nSPS) is 21.0. The van der Waals surface area contributed by atoms with Crippen LogP contribution in [0, 0.1) is 0 Å². The van der Waals surface area contributed by atoms with Crippen molar-refractivity contribution in [2.24, 2.45) is 0 Å². The Morgan fingerprint density at radius 2 is 1.18 bits per heavy atom. The number of rotatable bonds is 38. The van der Waals surface area contributed by atoms with Crippen molar-refractivity contribution in [3.05, 3.63) is 24.3 Å². The van der Waals surface area contributed by atoms with Crippen LogP contribution in [0.15, 0.2) is 24.3 Å². The number of unbranched alkanes of at least 4 members (excludes halogenated alkanes) is 21. The standard InChI is InChI=1S/C43H80O12S/c1-3-5-7-9-11-13-14-15-16-17-18-19-20-21-22-23-25-27-29-31-33-51-35-37(53-39(45)32-30-28-26-24-12-10-8-6-4-2)36-52-43-41(47)42(55-56(48,49)50)40(46)38(34-44)54-43/h11,13,15-16,37-38,40-44,46-47H,3-10,12,14,17-36H2,1-2H3,(H,48,49,50)/b13-11-,16-15-. The summed E-state index contributed by atoms with van der Waals surface area (Å²) in [7, 11) is -5.06. The Morgan fingerprint density at radius 3 is 1.73 bits per heavy atom. The van der Waals surface area contributed by atoms with Gasteiger partial charge in [-0.3, -0.25) is 9.35 Å². The maximum atomic E-state index is 12.8. The molecule has 56 heavy (non-hydrogen) atoms. The summed E-state index contributed by atoms with van der Waals surface area (Å²) in [6, 6.07) is 0. The van der Waals surface area contributed by atoms with Crippen LogP contribution >= 0.6 is 0 Å². The molecule has 1 fully saturated rings. The predicted molar refractivity (Wildman–Crippen MR) is 221 cm³/mol. The van der Waals surface area contributed by atoms with E-state index in [-0.39, 0.29) is 19.6 Å². The third-order valence-corrected chi connectivity index (χ3v) is 10.5. The van der Waals surface area contributed by atoms with Crippen molar-refractivity contribution in [2.45, 2.75) is 218 Å². The van der Waals surface area contributed by atoms with Crippen LogP contribution in [-0.2, 0) is 38.3 Å². The molecule has 330 valence electrons. The number of carbonyl (C=O) groups is 1. The lowest BCUT2D eigenvalue weighted by molar-refractivity contribution is -0.301. The van der Waals surface area contributed by atoms with Crippen LogP contribution in [-0.4, -0.2) is 97.5 Å². The van der Waals surface area contributed by atoms with Gasteiger partial charge in [0.05, 0.1) is 19.8 Å². The highest BCUT2D eigenvalue weighted by molar-refractivity contribution is 7.80.